The van der Waals surface area contributed by atoms with Crippen molar-refractivity contribution in [3.63, 3.8) is 0 Å². The summed E-state index contributed by atoms with van der Waals surface area (Å²) in [5, 5.41) is 11.3. The van der Waals surface area contributed by atoms with Crippen molar-refractivity contribution in [2.45, 2.75) is 12.8 Å². The van der Waals surface area contributed by atoms with Crippen molar-refractivity contribution in [2.75, 3.05) is 11.9 Å². The molecule has 0 saturated carbocycles. The van der Waals surface area contributed by atoms with Gasteiger partial charge in [-0.15, -0.1) is 0 Å². The number of nitriles is 1. The van der Waals surface area contributed by atoms with Crippen LogP contribution >= 0.6 is 0 Å². The molecule has 0 saturated heterocycles. The van der Waals surface area contributed by atoms with Crippen LogP contribution in [0, 0.1) is 11.3 Å². The van der Waals surface area contributed by atoms with Crippen LogP contribution in [0.3, 0.4) is 0 Å². The van der Waals surface area contributed by atoms with Crippen molar-refractivity contribution in [1.82, 2.24) is 0 Å². The molecular formula is C12H10N2O3. The van der Waals surface area contributed by atoms with Crippen LogP contribution in [0.5, 0.6) is 0 Å². The minimum absolute atomic E-state index is 0.230. The Kier molecular flexibility index (Phi) is 2.79. The summed E-state index contributed by atoms with van der Waals surface area (Å²) in [4.78, 5) is 23.3. The van der Waals surface area contributed by atoms with Gasteiger partial charge in [0.1, 0.15) is 0 Å². The highest BCUT2D eigenvalue weighted by molar-refractivity contribution is 6.15. The van der Waals surface area contributed by atoms with E-state index in [-0.39, 0.29) is 6.61 Å². The van der Waals surface area contributed by atoms with Gasteiger partial charge < -0.3 is 10.1 Å². The van der Waals surface area contributed by atoms with Crippen LogP contribution in [0.1, 0.15) is 24.0 Å². The maximum absolute atomic E-state index is 11.7. The van der Waals surface area contributed by atoms with E-state index in [1.165, 1.54) is 0 Å². The van der Waals surface area contributed by atoms with Crippen LogP contribution in [0.2, 0.25) is 0 Å². The number of rotatable bonds is 2. The average Bonchev–Trinajstić information content (AvgIpc) is 2.64. The molecule has 5 heteroatoms. The third-order valence-corrected chi connectivity index (χ3v) is 2.54. The van der Waals surface area contributed by atoms with Crippen LogP contribution in [-0.2, 0) is 14.3 Å². The topological polar surface area (TPSA) is 79.2 Å². The Bertz CT molecular complexity index is 531. The van der Waals surface area contributed by atoms with E-state index in [0.717, 1.165) is 0 Å². The lowest BCUT2D eigenvalue weighted by molar-refractivity contribution is -0.147. The molecule has 2 rings (SSSR count). The van der Waals surface area contributed by atoms with Crippen molar-refractivity contribution < 1.29 is 14.3 Å². The fourth-order valence-corrected chi connectivity index (χ4v) is 1.79. The number of ether oxygens (including phenoxy) is 1. The van der Waals surface area contributed by atoms with Crippen LogP contribution in [0.4, 0.5) is 5.69 Å². The predicted molar refractivity (Wildman–Crippen MR) is 59.2 cm³/mol. The number of hydrogen-bond donors (Lipinski definition) is 1. The summed E-state index contributed by atoms with van der Waals surface area (Å²) in [7, 11) is 0. The average molecular weight is 230 g/mol. The molecule has 0 fully saturated rings. The second-order valence-electron chi connectivity index (χ2n) is 3.59. The normalized spacial score (nSPS) is 16.9. The Morgan fingerprint density at radius 2 is 2.35 bits per heavy atom. The molecule has 0 aromatic heterocycles. The number of carbonyl (C=O) groups is 2. The van der Waals surface area contributed by atoms with Crippen molar-refractivity contribution in [2.24, 2.45) is 0 Å². The molecule has 1 aromatic rings. The van der Waals surface area contributed by atoms with Crippen molar-refractivity contribution in [3.05, 3.63) is 29.3 Å². The number of fused-ring (bicyclic) bond motifs is 1. The molecule has 0 radical (unpaired) electrons. The molecule has 1 unspecified atom stereocenters. The maximum Gasteiger partial charge on any atom is 0.323 e. The number of carbonyl (C=O) groups excluding carboxylic acids is 2. The van der Waals surface area contributed by atoms with Crippen molar-refractivity contribution in [3.8, 4) is 6.07 Å². The van der Waals surface area contributed by atoms with Gasteiger partial charge in [-0.1, -0.05) is 6.07 Å². The zero-order chi connectivity index (χ0) is 12.4. The lowest BCUT2D eigenvalue weighted by Crippen LogP contribution is -2.22. The minimum Gasteiger partial charge on any atom is -0.465 e. The summed E-state index contributed by atoms with van der Waals surface area (Å²) in [5.74, 6) is -1.89. The van der Waals surface area contributed by atoms with Gasteiger partial charge in [0.05, 0.1) is 18.2 Å². The van der Waals surface area contributed by atoms with E-state index < -0.39 is 17.8 Å². The summed E-state index contributed by atoms with van der Waals surface area (Å²) < 4.78 is 4.84. The van der Waals surface area contributed by atoms with Gasteiger partial charge in [-0.05, 0) is 24.6 Å². The first-order valence-electron chi connectivity index (χ1n) is 5.19. The maximum atomic E-state index is 11.7. The Labute approximate surface area is 98.0 Å². The third kappa shape index (κ3) is 1.85. The van der Waals surface area contributed by atoms with E-state index in [0.29, 0.717) is 16.8 Å². The van der Waals surface area contributed by atoms with Crippen LogP contribution in [-0.4, -0.2) is 18.5 Å². The number of amides is 1. The zero-order valence-electron chi connectivity index (χ0n) is 9.19. The van der Waals surface area contributed by atoms with E-state index in [1.54, 1.807) is 25.1 Å². The largest absolute Gasteiger partial charge is 0.465 e. The molecule has 1 heterocycles. The minimum atomic E-state index is -0.919. The van der Waals surface area contributed by atoms with E-state index in [2.05, 4.69) is 5.32 Å². The molecule has 1 atom stereocenters. The fourth-order valence-electron chi connectivity index (χ4n) is 1.79. The summed E-state index contributed by atoms with van der Waals surface area (Å²) in [5.41, 5.74) is 1.51. The number of benzene rings is 1. The Hall–Kier alpha value is -2.35. The van der Waals surface area contributed by atoms with E-state index in [9.17, 15) is 9.59 Å². The van der Waals surface area contributed by atoms with Gasteiger partial charge in [-0.3, -0.25) is 9.59 Å². The molecule has 0 bridgehead atoms. The summed E-state index contributed by atoms with van der Waals surface area (Å²) in [6.45, 7) is 1.92. The number of esters is 1. The molecule has 0 aliphatic carbocycles. The first kappa shape index (κ1) is 11.1. The van der Waals surface area contributed by atoms with E-state index >= 15 is 0 Å². The molecule has 1 aliphatic heterocycles. The van der Waals surface area contributed by atoms with Crippen LogP contribution < -0.4 is 5.32 Å². The Morgan fingerprint density at radius 3 is 3.00 bits per heavy atom. The van der Waals surface area contributed by atoms with Gasteiger partial charge in [0.15, 0.2) is 5.92 Å². The molecule has 5 nitrogen and oxygen atoms in total. The molecule has 17 heavy (non-hydrogen) atoms. The van der Waals surface area contributed by atoms with Gasteiger partial charge in [-0.25, -0.2) is 0 Å². The van der Waals surface area contributed by atoms with Crippen molar-refractivity contribution in [1.29, 1.82) is 5.26 Å². The molecule has 1 N–H and O–H groups in total. The quantitative estimate of drug-likeness (QED) is 0.610. The number of anilines is 1. The first-order chi connectivity index (χ1) is 8.17. The summed E-state index contributed by atoms with van der Waals surface area (Å²) in [6.07, 6.45) is 0. The lowest BCUT2D eigenvalue weighted by Gasteiger charge is -2.07. The lowest BCUT2D eigenvalue weighted by atomic mass is 10.00. The second kappa shape index (κ2) is 4.26. The van der Waals surface area contributed by atoms with Gasteiger partial charge in [-0.2, -0.15) is 5.26 Å². The Morgan fingerprint density at radius 1 is 1.59 bits per heavy atom. The predicted octanol–water partition coefficient (Wildman–Crippen LogP) is 1.16. The highest BCUT2D eigenvalue weighted by atomic mass is 16.5. The molecule has 1 aromatic carbocycles. The molecular weight excluding hydrogens is 220 g/mol. The summed E-state index contributed by atoms with van der Waals surface area (Å²) in [6, 6.07) is 6.70. The van der Waals surface area contributed by atoms with Gasteiger partial charge in [0.25, 0.3) is 0 Å². The van der Waals surface area contributed by atoms with Crippen molar-refractivity contribution >= 4 is 17.6 Å². The van der Waals surface area contributed by atoms with Gasteiger partial charge in [0, 0.05) is 5.69 Å². The number of nitrogens with one attached hydrogen (secondary N) is 1. The summed E-state index contributed by atoms with van der Waals surface area (Å²) >= 11 is 0. The second-order valence-corrected chi connectivity index (χ2v) is 3.59. The van der Waals surface area contributed by atoms with Crippen LogP contribution in [0.15, 0.2) is 18.2 Å². The number of nitrogens with zero attached hydrogens (tertiary/aromatic N) is 1. The first-order valence-corrected chi connectivity index (χ1v) is 5.19. The fraction of sp³-hybridized carbons (Fsp3) is 0.250. The Balaban J connectivity index is 2.38. The van der Waals surface area contributed by atoms with Gasteiger partial charge in [0.2, 0.25) is 5.91 Å². The molecule has 86 valence electrons. The van der Waals surface area contributed by atoms with Gasteiger partial charge >= 0.3 is 5.97 Å². The van der Waals surface area contributed by atoms with Crippen LogP contribution in [0.25, 0.3) is 0 Å². The zero-order valence-corrected chi connectivity index (χ0v) is 9.19. The molecule has 0 spiro atoms. The SMILES string of the molecule is CCOC(=O)C1C(=O)Nc2cc(C#N)ccc21. The van der Waals surface area contributed by atoms with E-state index in [1.807, 2.05) is 6.07 Å². The van der Waals surface area contributed by atoms with E-state index in [4.69, 9.17) is 10.00 Å². The third-order valence-electron chi connectivity index (χ3n) is 2.54. The highest BCUT2D eigenvalue weighted by Crippen LogP contribution is 2.33. The number of hydrogen-bond acceptors (Lipinski definition) is 4. The highest BCUT2D eigenvalue weighted by Gasteiger charge is 2.37. The standard InChI is InChI=1S/C12H10N2O3/c1-2-17-12(16)10-8-4-3-7(6-13)5-9(8)14-11(10)15/h3-5,10H,2H2,1H3,(H,14,15). The molecule has 1 amide bonds. The molecule has 1 aliphatic rings. The monoisotopic (exact) mass is 230 g/mol. The smallest absolute Gasteiger partial charge is 0.323 e.